The molecular formula is C12H12F2N2. The largest absolute Gasteiger partial charge is 0.317 e. The number of hydrogen-bond donors (Lipinski definition) is 1. The van der Waals surface area contributed by atoms with Gasteiger partial charge in [0.2, 0.25) is 0 Å². The SMILES string of the molecule is N#CC1(c2ccc(F)cc2F)CCNCC1. The Kier molecular flexibility index (Phi) is 2.88. The summed E-state index contributed by atoms with van der Waals surface area (Å²) in [7, 11) is 0. The molecule has 1 aliphatic rings. The summed E-state index contributed by atoms with van der Waals surface area (Å²) in [5, 5.41) is 12.4. The maximum Gasteiger partial charge on any atom is 0.130 e. The van der Waals surface area contributed by atoms with Gasteiger partial charge in [0.1, 0.15) is 11.6 Å². The number of piperidine rings is 1. The molecule has 0 spiro atoms. The Morgan fingerprint density at radius 2 is 1.94 bits per heavy atom. The van der Waals surface area contributed by atoms with E-state index < -0.39 is 17.0 Å². The van der Waals surface area contributed by atoms with Crippen molar-refractivity contribution in [1.29, 1.82) is 5.26 Å². The molecule has 0 radical (unpaired) electrons. The lowest BCUT2D eigenvalue weighted by atomic mass is 9.74. The van der Waals surface area contributed by atoms with Crippen molar-refractivity contribution < 1.29 is 8.78 Å². The Hall–Kier alpha value is -1.47. The molecule has 0 unspecified atom stereocenters. The van der Waals surface area contributed by atoms with E-state index in [0.717, 1.165) is 6.07 Å². The summed E-state index contributed by atoms with van der Waals surface area (Å²) in [4.78, 5) is 0. The third-order valence-corrected chi connectivity index (χ3v) is 3.12. The lowest BCUT2D eigenvalue weighted by Gasteiger charge is -2.31. The van der Waals surface area contributed by atoms with Gasteiger partial charge < -0.3 is 5.32 Å². The molecule has 1 aliphatic heterocycles. The Morgan fingerprint density at radius 3 is 2.50 bits per heavy atom. The van der Waals surface area contributed by atoms with Crippen molar-refractivity contribution in [3.8, 4) is 6.07 Å². The molecular weight excluding hydrogens is 210 g/mol. The van der Waals surface area contributed by atoms with Crippen LogP contribution in [0.1, 0.15) is 18.4 Å². The predicted molar refractivity (Wildman–Crippen MR) is 55.8 cm³/mol. The van der Waals surface area contributed by atoms with Gasteiger partial charge >= 0.3 is 0 Å². The fourth-order valence-corrected chi connectivity index (χ4v) is 2.17. The Bertz CT molecular complexity index is 431. The van der Waals surface area contributed by atoms with Crippen molar-refractivity contribution in [2.45, 2.75) is 18.3 Å². The first-order valence-electron chi connectivity index (χ1n) is 5.25. The van der Waals surface area contributed by atoms with E-state index in [1.54, 1.807) is 0 Å². The van der Waals surface area contributed by atoms with Crippen molar-refractivity contribution in [1.82, 2.24) is 5.32 Å². The van der Waals surface area contributed by atoms with E-state index >= 15 is 0 Å². The predicted octanol–water partition coefficient (Wildman–Crippen LogP) is 2.11. The number of benzene rings is 1. The van der Waals surface area contributed by atoms with Crippen LogP contribution in [0.4, 0.5) is 8.78 Å². The first kappa shape index (κ1) is 11.0. The van der Waals surface area contributed by atoms with Crippen LogP contribution in [-0.4, -0.2) is 13.1 Å². The van der Waals surface area contributed by atoms with Crippen LogP contribution in [0, 0.1) is 23.0 Å². The van der Waals surface area contributed by atoms with Crippen molar-refractivity contribution in [3.05, 3.63) is 35.4 Å². The van der Waals surface area contributed by atoms with Crippen molar-refractivity contribution in [3.63, 3.8) is 0 Å². The highest BCUT2D eigenvalue weighted by atomic mass is 19.1. The highest BCUT2D eigenvalue weighted by molar-refractivity contribution is 5.34. The second-order valence-electron chi connectivity index (χ2n) is 4.07. The van der Waals surface area contributed by atoms with Crippen LogP contribution in [-0.2, 0) is 5.41 Å². The molecule has 84 valence electrons. The van der Waals surface area contributed by atoms with Gasteiger partial charge in [0.25, 0.3) is 0 Å². The van der Waals surface area contributed by atoms with Crippen LogP contribution >= 0.6 is 0 Å². The van der Waals surface area contributed by atoms with Gasteiger partial charge in [-0.1, -0.05) is 6.07 Å². The third kappa shape index (κ3) is 1.79. The number of rotatable bonds is 1. The number of hydrogen-bond acceptors (Lipinski definition) is 2. The number of nitrogens with zero attached hydrogens (tertiary/aromatic N) is 1. The summed E-state index contributed by atoms with van der Waals surface area (Å²) in [5.41, 5.74) is -0.485. The van der Waals surface area contributed by atoms with Gasteiger partial charge in [-0.2, -0.15) is 5.26 Å². The topological polar surface area (TPSA) is 35.8 Å². The minimum absolute atomic E-state index is 0.318. The molecule has 2 rings (SSSR count). The average molecular weight is 222 g/mol. The maximum absolute atomic E-state index is 13.7. The zero-order chi connectivity index (χ0) is 11.6. The summed E-state index contributed by atoms with van der Waals surface area (Å²) in [6, 6.07) is 5.63. The van der Waals surface area contributed by atoms with Crippen LogP contribution in [0.15, 0.2) is 18.2 Å². The van der Waals surface area contributed by atoms with Gasteiger partial charge in [-0.05, 0) is 32.0 Å². The lowest BCUT2D eigenvalue weighted by molar-refractivity contribution is 0.369. The molecule has 0 aliphatic carbocycles. The van der Waals surface area contributed by atoms with Crippen LogP contribution in [0.25, 0.3) is 0 Å². The molecule has 1 heterocycles. The van der Waals surface area contributed by atoms with Gasteiger partial charge in [-0.15, -0.1) is 0 Å². The third-order valence-electron chi connectivity index (χ3n) is 3.12. The second kappa shape index (κ2) is 4.18. The molecule has 4 heteroatoms. The zero-order valence-corrected chi connectivity index (χ0v) is 8.76. The van der Waals surface area contributed by atoms with E-state index in [1.165, 1.54) is 12.1 Å². The van der Waals surface area contributed by atoms with Crippen LogP contribution in [0.2, 0.25) is 0 Å². The van der Waals surface area contributed by atoms with Crippen molar-refractivity contribution in [2.24, 2.45) is 0 Å². The molecule has 1 saturated heterocycles. The first-order valence-corrected chi connectivity index (χ1v) is 5.25. The molecule has 1 fully saturated rings. The minimum atomic E-state index is -0.803. The highest BCUT2D eigenvalue weighted by Gasteiger charge is 2.36. The smallest absolute Gasteiger partial charge is 0.130 e. The Labute approximate surface area is 92.9 Å². The fourth-order valence-electron chi connectivity index (χ4n) is 2.17. The Balaban J connectivity index is 2.44. The normalized spacial score (nSPS) is 19.1. The van der Waals surface area contributed by atoms with Gasteiger partial charge in [0.05, 0.1) is 11.5 Å². The standard InChI is InChI=1S/C12H12F2N2/c13-9-1-2-10(11(14)7-9)12(8-15)3-5-16-6-4-12/h1-2,7,16H,3-6H2. The van der Waals surface area contributed by atoms with Crippen molar-refractivity contribution in [2.75, 3.05) is 13.1 Å². The quantitative estimate of drug-likeness (QED) is 0.790. The van der Waals surface area contributed by atoms with E-state index in [0.29, 0.717) is 31.5 Å². The molecule has 1 aromatic carbocycles. The maximum atomic E-state index is 13.7. The molecule has 0 saturated carbocycles. The van der Waals surface area contributed by atoms with E-state index in [1.807, 2.05) is 0 Å². The molecule has 0 amide bonds. The molecule has 16 heavy (non-hydrogen) atoms. The molecule has 0 bridgehead atoms. The lowest BCUT2D eigenvalue weighted by Crippen LogP contribution is -2.39. The molecule has 1 aromatic rings. The molecule has 1 N–H and O–H groups in total. The average Bonchev–Trinajstić information content (AvgIpc) is 2.30. The van der Waals surface area contributed by atoms with Crippen LogP contribution < -0.4 is 5.32 Å². The summed E-state index contributed by atoms with van der Waals surface area (Å²) < 4.78 is 26.5. The summed E-state index contributed by atoms with van der Waals surface area (Å²) in [6.07, 6.45) is 1.12. The molecule has 0 atom stereocenters. The molecule has 0 aromatic heterocycles. The van der Waals surface area contributed by atoms with E-state index in [4.69, 9.17) is 0 Å². The van der Waals surface area contributed by atoms with E-state index in [2.05, 4.69) is 11.4 Å². The van der Waals surface area contributed by atoms with E-state index in [-0.39, 0.29) is 0 Å². The zero-order valence-electron chi connectivity index (χ0n) is 8.76. The Morgan fingerprint density at radius 1 is 1.25 bits per heavy atom. The first-order chi connectivity index (χ1) is 7.68. The minimum Gasteiger partial charge on any atom is -0.317 e. The monoisotopic (exact) mass is 222 g/mol. The second-order valence-corrected chi connectivity index (χ2v) is 4.07. The summed E-state index contributed by atoms with van der Waals surface area (Å²) >= 11 is 0. The fraction of sp³-hybridized carbons (Fsp3) is 0.417. The number of nitrogens with one attached hydrogen (secondary N) is 1. The van der Waals surface area contributed by atoms with Gasteiger partial charge in [-0.25, -0.2) is 8.78 Å². The number of halogens is 2. The van der Waals surface area contributed by atoms with Crippen LogP contribution in [0.3, 0.4) is 0 Å². The number of nitriles is 1. The van der Waals surface area contributed by atoms with Gasteiger partial charge in [0.15, 0.2) is 0 Å². The van der Waals surface area contributed by atoms with E-state index in [9.17, 15) is 14.0 Å². The summed E-state index contributed by atoms with van der Waals surface area (Å²) in [5.74, 6) is -1.23. The van der Waals surface area contributed by atoms with Gasteiger partial charge in [-0.3, -0.25) is 0 Å². The van der Waals surface area contributed by atoms with Gasteiger partial charge in [0, 0.05) is 11.6 Å². The highest BCUT2D eigenvalue weighted by Crippen LogP contribution is 2.34. The molecule has 2 nitrogen and oxygen atoms in total. The van der Waals surface area contributed by atoms with Crippen molar-refractivity contribution >= 4 is 0 Å². The summed E-state index contributed by atoms with van der Waals surface area (Å²) in [6.45, 7) is 1.37. The van der Waals surface area contributed by atoms with Crippen LogP contribution in [0.5, 0.6) is 0 Å².